The number of fused-ring (bicyclic) bond motifs is 1. The van der Waals surface area contributed by atoms with Crippen molar-refractivity contribution in [3.8, 4) is 0 Å². The summed E-state index contributed by atoms with van der Waals surface area (Å²) < 4.78 is 0. The molecule has 1 atom stereocenters. The number of benzene rings is 3. The van der Waals surface area contributed by atoms with Gasteiger partial charge < -0.3 is 0 Å². The van der Waals surface area contributed by atoms with Gasteiger partial charge in [0.1, 0.15) is 0 Å². The molecule has 0 N–H and O–H groups in total. The molecule has 0 fully saturated rings. The quantitative estimate of drug-likeness (QED) is 0.592. The Hall–Kier alpha value is -2.38. The van der Waals surface area contributed by atoms with Crippen LogP contribution in [-0.2, 0) is 5.41 Å². The molecule has 4 rings (SSSR count). The van der Waals surface area contributed by atoms with E-state index in [1.807, 2.05) is 36.4 Å². The minimum atomic E-state index is -0.309. The van der Waals surface area contributed by atoms with Crippen molar-refractivity contribution in [1.29, 1.82) is 0 Å². The zero-order chi connectivity index (χ0) is 16.6. The van der Waals surface area contributed by atoms with Gasteiger partial charge in [0.05, 0.1) is 0 Å². The SMILES string of the molecule is O=C1CCC(c2ccccc2)(c2ccc(Cl)cc2)c2ccccc21. The second-order valence-electron chi connectivity index (χ2n) is 6.25. The van der Waals surface area contributed by atoms with Gasteiger partial charge in [-0.15, -0.1) is 0 Å². The van der Waals surface area contributed by atoms with Crippen LogP contribution in [0.15, 0.2) is 78.9 Å². The normalized spacial score (nSPS) is 19.8. The largest absolute Gasteiger partial charge is 0.294 e. The molecule has 3 aromatic carbocycles. The summed E-state index contributed by atoms with van der Waals surface area (Å²) in [7, 11) is 0. The van der Waals surface area contributed by atoms with E-state index in [0.717, 1.165) is 22.6 Å². The zero-order valence-corrected chi connectivity index (χ0v) is 14.0. The highest BCUT2D eigenvalue weighted by molar-refractivity contribution is 6.30. The molecule has 0 aliphatic heterocycles. The molecule has 24 heavy (non-hydrogen) atoms. The van der Waals surface area contributed by atoms with E-state index in [-0.39, 0.29) is 11.2 Å². The van der Waals surface area contributed by atoms with Crippen LogP contribution in [0.1, 0.15) is 39.9 Å². The van der Waals surface area contributed by atoms with E-state index in [1.54, 1.807) is 0 Å². The summed E-state index contributed by atoms with van der Waals surface area (Å²) in [6.45, 7) is 0. The van der Waals surface area contributed by atoms with E-state index in [4.69, 9.17) is 11.6 Å². The van der Waals surface area contributed by atoms with Crippen LogP contribution in [0.3, 0.4) is 0 Å². The summed E-state index contributed by atoms with van der Waals surface area (Å²) in [4.78, 5) is 12.5. The Morgan fingerprint density at radius 1 is 0.750 bits per heavy atom. The van der Waals surface area contributed by atoms with Crippen molar-refractivity contribution in [2.45, 2.75) is 18.3 Å². The van der Waals surface area contributed by atoms with E-state index in [2.05, 4.69) is 42.5 Å². The van der Waals surface area contributed by atoms with Gasteiger partial charge in [0.15, 0.2) is 5.78 Å². The molecule has 0 heterocycles. The Bertz CT molecular complexity index is 883. The van der Waals surface area contributed by atoms with Crippen molar-refractivity contribution >= 4 is 17.4 Å². The maximum atomic E-state index is 12.5. The standard InChI is InChI=1S/C22H17ClO/c23-18-12-10-17(11-13-18)22(16-6-2-1-3-7-16)15-14-21(24)19-8-4-5-9-20(19)22/h1-13H,14-15H2. The van der Waals surface area contributed by atoms with Crippen molar-refractivity contribution in [2.75, 3.05) is 0 Å². The number of rotatable bonds is 2. The van der Waals surface area contributed by atoms with Crippen molar-refractivity contribution in [3.05, 3.63) is 106 Å². The summed E-state index contributed by atoms with van der Waals surface area (Å²) in [5.74, 6) is 0.228. The first kappa shape index (κ1) is 15.2. The third-order valence-corrected chi connectivity index (χ3v) is 5.27. The third kappa shape index (κ3) is 2.28. The van der Waals surface area contributed by atoms with Crippen molar-refractivity contribution in [1.82, 2.24) is 0 Å². The van der Waals surface area contributed by atoms with Crippen LogP contribution in [0.4, 0.5) is 0 Å². The molecule has 1 aliphatic carbocycles. The fraction of sp³-hybridized carbons (Fsp3) is 0.136. The second-order valence-corrected chi connectivity index (χ2v) is 6.68. The van der Waals surface area contributed by atoms with Gasteiger partial charge in [-0.2, -0.15) is 0 Å². The summed E-state index contributed by atoms with van der Waals surface area (Å²) >= 11 is 6.11. The predicted molar refractivity (Wildman–Crippen MR) is 97.8 cm³/mol. The molecule has 118 valence electrons. The summed E-state index contributed by atoms with van der Waals surface area (Å²) in [6.07, 6.45) is 1.32. The Morgan fingerprint density at radius 3 is 2.12 bits per heavy atom. The van der Waals surface area contributed by atoms with Crippen molar-refractivity contribution in [2.24, 2.45) is 0 Å². The van der Waals surface area contributed by atoms with E-state index < -0.39 is 0 Å². The van der Waals surface area contributed by atoms with Crippen LogP contribution in [-0.4, -0.2) is 5.78 Å². The maximum absolute atomic E-state index is 12.5. The fourth-order valence-electron chi connectivity index (χ4n) is 3.89. The van der Waals surface area contributed by atoms with Crippen molar-refractivity contribution in [3.63, 3.8) is 0 Å². The predicted octanol–water partition coefficient (Wildman–Crippen LogP) is 5.65. The van der Waals surface area contributed by atoms with Gasteiger partial charge in [-0.05, 0) is 35.2 Å². The Labute approximate surface area is 146 Å². The van der Waals surface area contributed by atoms with Gasteiger partial charge in [0, 0.05) is 22.4 Å². The smallest absolute Gasteiger partial charge is 0.163 e. The lowest BCUT2D eigenvalue weighted by molar-refractivity contribution is 0.0962. The number of Topliss-reactive ketones (excluding diaryl/α,β-unsaturated/α-hetero) is 1. The number of halogens is 1. The Kier molecular flexibility index (Phi) is 3.74. The molecule has 1 nitrogen and oxygen atoms in total. The van der Waals surface area contributed by atoms with Crippen LogP contribution >= 0.6 is 11.6 Å². The molecular formula is C22H17ClO. The number of carbonyl (C=O) groups excluding carboxylic acids is 1. The monoisotopic (exact) mass is 332 g/mol. The van der Waals surface area contributed by atoms with Crippen LogP contribution in [0.5, 0.6) is 0 Å². The lowest BCUT2D eigenvalue weighted by atomic mass is 9.62. The fourth-order valence-corrected chi connectivity index (χ4v) is 4.02. The van der Waals surface area contributed by atoms with Gasteiger partial charge in [-0.3, -0.25) is 4.79 Å². The Balaban J connectivity index is 2.05. The first-order valence-corrected chi connectivity index (χ1v) is 8.54. The molecule has 0 saturated heterocycles. The maximum Gasteiger partial charge on any atom is 0.163 e. The molecule has 0 saturated carbocycles. The van der Waals surface area contributed by atoms with Crippen LogP contribution in [0, 0.1) is 0 Å². The molecular weight excluding hydrogens is 316 g/mol. The summed E-state index contributed by atoms with van der Waals surface area (Å²) in [5, 5.41) is 0.724. The van der Waals surface area contributed by atoms with Crippen LogP contribution in [0.25, 0.3) is 0 Å². The topological polar surface area (TPSA) is 17.1 Å². The average molecular weight is 333 g/mol. The lowest BCUT2D eigenvalue weighted by Gasteiger charge is -2.40. The zero-order valence-electron chi connectivity index (χ0n) is 13.2. The highest BCUT2D eigenvalue weighted by Crippen LogP contribution is 2.47. The van der Waals surface area contributed by atoms with Gasteiger partial charge in [0.2, 0.25) is 0 Å². The molecule has 2 heteroatoms. The molecule has 0 aromatic heterocycles. The van der Waals surface area contributed by atoms with Gasteiger partial charge >= 0.3 is 0 Å². The molecule has 0 bridgehead atoms. The molecule has 1 aliphatic rings. The molecule has 0 spiro atoms. The van der Waals surface area contributed by atoms with Crippen molar-refractivity contribution < 1.29 is 4.79 Å². The molecule has 1 unspecified atom stereocenters. The van der Waals surface area contributed by atoms with Gasteiger partial charge in [0.25, 0.3) is 0 Å². The number of hydrogen-bond acceptors (Lipinski definition) is 1. The van der Waals surface area contributed by atoms with Crippen LogP contribution in [0.2, 0.25) is 5.02 Å². The number of ketones is 1. The van der Waals surface area contributed by atoms with E-state index in [9.17, 15) is 4.79 Å². The highest BCUT2D eigenvalue weighted by Gasteiger charge is 2.42. The van der Waals surface area contributed by atoms with Gasteiger partial charge in [-0.25, -0.2) is 0 Å². The summed E-state index contributed by atoms with van der Waals surface area (Å²) in [5.41, 5.74) is 4.01. The number of hydrogen-bond donors (Lipinski definition) is 0. The van der Waals surface area contributed by atoms with Crippen LogP contribution < -0.4 is 0 Å². The van der Waals surface area contributed by atoms with E-state index in [1.165, 1.54) is 11.1 Å². The average Bonchev–Trinajstić information content (AvgIpc) is 2.64. The molecule has 0 radical (unpaired) electrons. The minimum absolute atomic E-state index is 0.228. The third-order valence-electron chi connectivity index (χ3n) is 5.02. The molecule has 3 aromatic rings. The van der Waals surface area contributed by atoms with E-state index >= 15 is 0 Å². The minimum Gasteiger partial charge on any atom is -0.294 e. The van der Waals surface area contributed by atoms with E-state index in [0.29, 0.717) is 6.42 Å². The summed E-state index contributed by atoms with van der Waals surface area (Å²) in [6, 6.07) is 26.5. The number of carbonyl (C=O) groups is 1. The molecule has 0 amide bonds. The second kappa shape index (κ2) is 5.92. The Morgan fingerprint density at radius 2 is 1.38 bits per heavy atom. The van der Waals surface area contributed by atoms with Gasteiger partial charge in [-0.1, -0.05) is 78.3 Å². The first-order valence-electron chi connectivity index (χ1n) is 8.16. The lowest BCUT2D eigenvalue weighted by Crippen LogP contribution is -2.35. The highest BCUT2D eigenvalue weighted by atomic mass is 35.5. The first-order chi connectivity index (χ1) is 11.7.